The Hall–Kier alpha value is -3.70. The van der Waals surface area contributed by atoms with E-state index in [9.17, 15) is 28.4 Å². The summed E-state index contributed by atoms with van der Waals surface area (Å²) in [7, 11) is -4.69. The third-order valence-electron chi connectivity index (χ3n) is 6.04. The number of nitrogens with two attached hydrogens (primary N) is 1. The van der Waals surface area contributed by atoms with Gasteiger partial charge in [-0.15, -0.1) is 0 Å². The molecule has 1 amide bonds. The number of esters is 1. The Kier molecular flexibility index (Phi) is 5.94. The van der Waals surface area contributed by atoms with Crippen LogP contribution in [0.4, 0.5) is 10.1 Å². The zero-order chi connectivity index (χ0) is 25.7. The Labute approximate surface area is 200 Å². The van der Waals surface area contributed by atoms with Gasteiger partial charge in [0.05, 0.1) is 12.3 Å². The third kappa shape index (κ3) is 4.06. The molecule has 1 aromatic carbocycles. The standard InChI is InChI=1S/C21H23FN6O6S/c1-12(2)18(24)20(31)34-11-27-16(30)9-26(35(27,32)33)19-15(29)4-3-14(17(19)22)13-7-25-28(8-13)21(10-23)5-6-21/h3-4,7-8,12,18,29H,5-6,9,11,24H2,1-2H3. The van der Waals surface area contributed by atoms with Gasteiger partial charge < -0.3 is 15.6 Å². The van der Waals surface area contributed by atoms with Crippen molar-refractivity contribution in [2.24, 2.45) is 11.7 Å². The molecule has 1 saturated heterocycles. The lowest BCUT2D eigenvalue weighted by Gasteiger charge is -2.22. The summed E-state index contributed by atoms with van der Waals surface area (Å²) in [4.78, 5) is 24.5. The van der Waals surface area contributed by atoms with E-state index in [1.54, 1.807) is 13.8 Å². The summed E-state index contributed by atoms with van der Waals surface area (Å²) in [6.45, 7) is 1.57. The molecule has 1 aromatic heterocycles. The minimum absolute atomic E-state index is 0.0896. The number of anilines is 1. The average Bonchev–Trinajstić information content (AvgIpc) is 3.38. The summed E-state index contributed by atoms with van der Waals surface area (Å²) in [5.41, 5.74) is 4.31. The second kappa shape index (κ2) is 8.51. The van der Waals surface area contributed by atoms with Crippen LogP contribution in [0.3, 0.4) is 0 Å². The molecule has 2 heterocycles. The van der Waals surface area contributed by atoms with Gasteiger partial charge in [0.25, 0.3) is 5.91 Å². The van der Waals surface area contributed by atoms with Crippen LogP contribution in [0.2, 0.25) is 0 Å². The number of hydrogen-bond donors (Lipinski definition) is 2. The Balaban J connectivity index is 1.63. The van der Waals surface area contributed by atoms with Crippen molar-refractivity contribution in [3.05, 3.63) is 30.3 Å². The van der Waals surface area contributed by atoms with Crippen LogP contribution < -0.4 is 10.0 Å². The van der Waals surface area contributed by atoms with Crippen LogP contribution in [0.1, 0.15) is 26.7 Å². The Morgan fingerprint density at radius 1 is 1.40 bits per heavy atom. The van der Waals surface area contributed by atoms with Crippen molar-refractivity contribution in [2.45, 2.75) is 38.3 Å². The summed E-state index contributed by atoms with van der Waals surface area (Å²) in [5.74, 6) is -4.00. The van der Waals surface area contributed by atoms with E-state index in [0.717, 1.165) is 6.07 Å². The van der Waals surface area contributed by atoms with Crippen molar-refractivity contribution in [2.75, 3.05) is 17.6 Å². The van der Waals surface area contributed by atoms with Crippen LogP contribution >= 0.6 is 0 Å². The number of benzene rings is 1. The van der Waals surface area contributed by atoms with Gasteiger partial charge in [0.15, 0.2) is 12.5 Å². The smallest absolute Gasteiger partial charge is 0.332 e. The molecule has 4 rings (SSSR count). The SMILES string of the molecule is CC(C)C(N)C(=O)OCN1C(=O)CN(c2c(O)ccc(-c3cnn(C4(C#N)CC4)c3)c2F)S1(=O)=O. The number of rotatable bonds is 7. The highest BCUT2D eigenvalue weighted by molar-refractivity contribution is 7.91. The monoisotopic (exact) mass is 506 g/mol. The second-order valence-corrected chi connectivity index (χ2v) is 10.5. The molecule has 35 heavy (non-hydrogen) atoms. The number of amides is 1. The molecular weight excluding hydrogens is 483 g/mol. The predicted octanol–water partition coefficient (Wildman–Crippen LogP) is 0.785. The maximum Gasteiger partial charge on any atom is 0.332 e. The van der Waals surface area contributed by atoms with E-state index >= 15 is 4.39 Å². The molecule has 186 valence electrons. The van der Waals surface area contributed by atoms with Crippen LogP contribution in [0.15, 0.2) is 24.5 Å². The molecule has 0 bridgehead atoms. The van der Waals surface area contributed by atoms with Crippen molar-refractivity contribution in [1.82, 2.24) is 14.1 Å². The van der Waals surface area contributed by atoms with E-state index in [2.05, 4.69) is 11.2 Å². The first-order valence-corrected chi connectivity index (χ1v) is 12.1. The predicted molar refractivity (Wildman–Crippen MR) is 119 cm³/mol. The van der Waals surface area contributed by atoms with Gasteiger partial charge in [-0.25, -0.2) is 8.70 Å². The van der Waals surface area contributed by atoms with Gasteiger partial charge in [0.1, 0.15) is 29.6 Å². The maximum absolute atomic E-state index is 15.6. The van der Waals surface area contributed by atoms with Crippen molar-refractivity contribution in [3.63, 3.8) is 0 Å². The number of nitrogens with zero attached hydrogens (tertiary/aromatic N) is 5. The van der Waals surface area contributed by atoms with E-state index in [-0.39, 0.29) is 21.4 Å². The molecule has 1 aliphatic heterocycles. The van der Waals surface area contributed by atoms with E-state index in [1.165, 1.54) is 23.1 Å². The van der Waals surface area contributed by atoms with Gasteiger partial charge in [-0.1, -0.05) is 13.8 Å². The van der Waals surface area contributed by atoms with Crippen LogP contribution in [-0.2, 0) is 30.1 Å². The van der Waals surface area contributed by atoms with Gasteiger partial charge in [0, 0.05) is 17.3 Å². The van der Waals surface area contributed by atoms with E-state index < -0.39 is 64.2 Å². The maximum atomic E-state index is 15.6. The highest BCUT2D eigenvalue weighted by atomic mass is 32.2. The molecule has 1 aliphatic carbocycles. The number of halogens is 1. The first-order valence-electron chi connectivity index (χ1n) is 10.7. The molecule has 14 heteroatoms. The second-order valence-electron chi connectivity index (χ2n) is 8.73. The quantitative estimate of drug-likeness (QED) is 0.515. The Morgan fingerprint density at radius 3 is 2.69 bits per heavy atom. The normalized spacial score (nSPS) is 19.0. The van der Waals surface area contributed by atoms with Gasteiger partial charge in [0.2, 0.25) is 0 Å². The van der Waals surface area contributed by atoms with E-state index in [0.29, 0.717) is 17.1 Å². The number of nitriles is 1. The van der Waals surface area contributed by atoms with Crippen LogP contribution in [0.25, 0.3) is 11.1 Å². The van der Waals surface area contributed by atoms with Crippen molar-refractivity contribution in [3.8, 4) is 22.9 Å². The fourth-order valence-electron chi connectivity index (χ4n) is 3.58. The number of phenolic OH excluding ortho intramolecular Hbond substituents is 1. The summed E-state index contributed by atoms with van der Waals surface area (Å²) >= 11 is 0. The number of aromatic nitrogens is 2. The van der Waals surface area contributed by atoms with Crippen molar-refractivity contribution < 1.29 is 32.2 Å². The van der Waals surface area contributed by atoms with E-state index in [1.807, 2.05) is 0 Å². The fraction of sp³-hybridized carbons (Fsp3) is 0.429. The highest BCUT2D eigenvalue weighted by Crippen LogP contribution is 2.44. The topological polar surface area (TPSA) is 172 Å². The third-order valence-corrected chi connectivity index (χ3v) is 7.77. The number of ether oxygens (including phenoxy) is 1. The largest absolute Gasteiger partial charge is 0.506 e. The van der Waals surface area contributed by atoms with Crippen LogP contribution in [0.5, 0.6) is 5.75 Å². The van der Waals surface area contributed by atoms with Gasteiger partial charge in [-0.3, -0.25) is 14.3 Å². The zero-order valence-corrected chi connectivity index (χ0v) is 19.7. The van der Waals surface area contributed by atoms with Crippen molar-refractivity contribution >= 4 is 27.8 Å². The fourth-order valence-corrected chi connectivity index (χ4v) is 4.99. The molecular formula is C21H23FN6O6S. The number of hydrogen-bond acceptors (Lipinski definition) is 9. The Bertz CT molecular complexity index is 1350. The zero-order valence-electron chi connectivity index (χ0n) is 18.9. The van der Waals surface area contributed by atoms with Crippen LogP contribution in [-0.4, -0.2) is 58.8 Å². The molecule has 2 aliphatic rings. The molecule has 0 spiro atoms. The molecule has 1 atom stereocenters. The first kappa shape index (κ1) is 24.4. The molecule has 1 unspecified atom stereocenters. The van der Waals surface area contributed by atoms with E-state index in [4.69, 9.17) is 10.5 Å². The molecule has 0 radical (unpaired) electrons. The summed E-state index contributed by atoms with van der Waals surface area (Å²) in [5, 5.41) is 23.8. The lowest BCUT2D eigenvalue weighted by atomic mass is 10.1. The average molecular weight is 507 g/mol. The lowest BCUT2D eigenvalue weighted by Crippen LogP contribution is -2.41. The molecule has 3 N–H and O–H groups in total. The molecule has 12 nitrogen and oxygen atoms in total. The lowest BCUT2D eigenvalue weighted by molar-refractivity contribution is -0.150. The molecule has 1 saturated carbocycles. The number of carbonyl (C=O) groups is 2. The number of carbonyl (C=O) groups excluding carboxylic acids is 2. The van der Waals surface area contributed by atoms with Gasteiger partial charge in [-0.05, 0) is 30.9 Å². The van der Waals surface area contributed by atoms with Crippen LogP contribution in [0, 0.1) is 23.1 Å². The number of phenols is 1. The minimum Gasteiger partial charge on any atom is -0.506 e. The van der Waals surface area contributed by atoms with Gasteiger partial charge in [-0.2, -0.15) is 23.1 Å². The van der Waals surface area contributed by atoms with Crippen molar-refractivity contribution in [1.29, 1.82) is 5.26 Å². The summed E-state index contributed by atoms with van der Waals surface area (Å²) < 4.78 is 48.6. The first-order chi connectivity index (χ1) is 16.4. The summed E-state index contributed by atoms with van der Waals surface area (Å²) in [6.07, 6.45) is 3.99. The molecule has 2 aromatic rings. The highest BCUT2D eigenvalue weighted by Gasteiger charge is 2.47. The minimum atomic E-state index is -4.69. The summed E-state index contributed by atoms with van der Waals surface area (Å²) in [6, 6.07) is 3.46. The molecule has 2 fully saturated rings. The Morgan fingerprint density at radius 2 is 2.09 bits per heavy atom. The number of aromatic hydroxyl groups is 1. The van der Waals surface area contributed by atoms with Gasteiger partial charge >= 0.3 is 16.2 Å².